The van der Waals surface area contributed by atoms with Crippen molar-refractivity contribution in [3.63, 3.8) is 0 Å². The van der Waals surface area contributed by atoms with Crippen LogP contribution in [-0.4, -0.2) is 20.6 Å². The van der Waals surface area contributed by atoms with E-state index in [0.717, 1.165) is 0 Å². The Balaban J connectivity index is 2.28. The van der Waals surface area contributed by atoms with Gasteiger partial charge in [-0.25, -0.2) is 9.37 Å². The van der Waals surface area contributed by atoms with E-state index < -0.39 is 11.8 Å². The van der Waals surface area contributed by atoms with Crippen molar-refractivity contribution >= 4 is 32.9 Å². The lowest BCUT2D eigenvalue weighted by atomic mass is 10.2. The zero-order chi connectivity index (χ0) is 15.0. The van der Waals surface area contributed by atoms with Crippen molar-refractivity contribution in [1.82, 2.24) is 9.55 Å². The summed E-state index contributed by atoms with van der Waals surface area (Å²) in [7, 11) is 0. The van der Waals surface area contributed by atoms with E-state index in [-0.39, 0.29) is 12.1 Å². The molecule has 0 fully saturated rings. The Bertz CT molecular complexity index is 845. The maximum atomic E-state index is 14.2. The average Bonchev–Trinajstić information content (AvgIpc) is 2.77. The molecule has 3 rings (SSSR count). The molecule has 0 aliphatic carbocycles. The molecule has 1 aromatic heterocycles. The number of hydrogen-bond donors (Lipinski definition) is 1. The molecule has 0 saturated carbocycles. The van der Waals surface area contributed by atoms with Crippen LogP contribution < -0.4 is 0 Å². The smallest absolute Gasteiger partial charge is 0.323 e. The van der Waals surface area contributed by atoms with Gasteiger partial charge in [0.15, 0.2) is 0 Å². The van der Waals surface area contributed by atoms with Crippen LogP contribution in [0.25, 0.3) is 22.4 Å². The molecule has 0 radical (unpaired) electrons. The van der Waals surface area contributed by atoms with Crippen molar-refractivity contribution in [3.05, 3.63) is 52.8 Å². The zero-order valence-corrected chi connectivity index (χ0v) is 12.3. The van der Waals surface area contributed by atoms with Gasteiger partial charge in [0.2, 0.25) is 0 Å². The molecule has 0 aliphatic rings. The van der Waals surface area contributed by atoms with Gasteiger partial charge in [-0.3, -0.25) is 4.79 Å². The summed E-state index contributed by atoms with van der Waals surface area (Å²) in [5, 5.41) is 9.08. The molecular formula is C15H10BrFN2O2. The molecule has 2 aromatic carbocycles. The molecule has 1 heterocycles. The summed E-state index contributed by atoms with van der Waals surface area (Å²) in [6, 6.07) is 11.8. The van der Waals surface area contributed by atoms with Crippen LogP contribution in [0.1, 0.15) is 0 Å². The first-order valence-electron chi connectivity index (χ1n) is 6.19. The fourth-order valence-electron chi connectivity index (χ4n) is 2.25. The average molecular weight is 349 g/mol. The highest BCUT2D eigenvalue weighted by molar-refractivity contribution is 9.10. The maximum Gasteiger partial charge on any atom is 0.323 e. The quantitative estimate of drug-likeness (QED) is 0.785. The summed E-state index contributed by atoms with van der Waals surface area (Å²) in [4.78, 5) is 15.5. The Hall–Kier alpha value is -2.21. The number of aromatic nitrogens is 2. The molecule has 1 N–H and O–H groups in total. The normalized spacial score (nSPS) is 11.0. The number of para-hydroxylation sites is 2. The molecule has 4 nitrogen and oxygen atoms in total. The van der Waals surface area contributed by atoms with Crippen LogP contribution in [0.3, 0.4) is 0 Å². The summed E-state index contributed by atoms with van der Waals surface area (Å²) in [5.74, 6) is -1.15. The van der Waals surface area contributed by atoms with Crippen molar-refractivity contribution in [1.29, 1.82) is 0 Å². The minimum atomic E-state index is -1.00. The summed E-state index contributed by atoms with van der Waals surface area (Å²) in [5.41, 5.74) is 1.57. The lowest BCUT2D eigenvalue weighted by molar-refractivity contribution is -0.137. The molecule has 3 aromatic rings. The SMILES string of the molecule is O=C(O)Cn1c(-c2ccc(Br)cc2F)nc2ccccc21. The van der Waals surface area contributed by atoms with Crippen LogP contribution >= 0.6 is 15.9 Å². The van der Waals surface area contributed by atoms with E-state index in [0.29, 0.717) is 21.3 Å². The summed E-state index contributed by atoms with van der Waals surface area (Å²) in [6.07, 6.45) is 0. The number of aliphatic carboxylic acids is 1. The van der Waals surface area contributed by atoms with Gasteiger partial charge in [-0.15, -0.1) is 0 Å². The number of halogens is 2. The Morgan fingerprint density at radius 2 is 2.05 bits per heavy atom. The monoisotopic (exact) mass is 348 g/mol. The number of rotatable bonds is 3. The predicted molar refractivity (Wildman–Crippen MR) is 80.5 cm³/mol. The van der Waals surface area contributed by atoms with Crippen molar-refractivity contribution in [3.8, 4) is 11.4 Å². The van der Waals surface area contributed by atoms with Crippen molar-refractivity contribution in [2.24, 2.45) is 0 Å². The first kappa shape index (κ1) is 13.8. The van der Waals surface area contributed by atoms with Gasteiger partial charge in [-0.05, 0) is 30.3 Å². The van der Waals surface area contributed by atoms with E-state index in [4.69, 9.17) is 5.11 Å². The van der Waals surface area contributed by atoms with Crippen LogP contribution in [0.15, 0.2) is 46.9 Å². The number of imidazole rings is 1. The molecule has 0 saturated heterocycles. The summed E-state index contributed by atoms with van der Waals surface area (Å²) < 4.78 is 16.3. The standard InChI is InChI=1S/C15H10BrFN2O2/c16-9-5-6-10(11(17)7-9)15-18-12-3-1-2-4-13(12)19(15)8-14(20)21/h1-7H,8H2,(H,20,21). The van der Waals surface area contributed by atoms with Crippen LogP contribution in [0, 0.1) is 5.82 Å². The van der Waals surface area contributed by atoms with E-state index in [2.05, 4.69) is 20.9 Å². The minimum absolute atomic E-state index is 0.272. The van der Waals surface area contributed by atoms with Crippen LogP contribution in [-0.2, 0) is 11.3 Å². The third-order valence-corrected chi connectivity index (χ3v) is 3.61. The molecule has 0 unspecified atom stereocenters. The van der Waals surface area contributed by atoms with Gasteiger partial charge in [0.1, 0.15) is 18.2 Å². The highest BCUT2D eigenvalue weighted by Gasteiger charge is 2.17. The first-order chi connectivity index (χ1) is 10.1. The number of carboxylic acids is 1. The maximum absolute atomic E-state index is 14.2. The molecule has 0 aliphatic heterocycles. The van der Waals surface area contributed by atoms with Gasteiger partial charge in [0.25, 0.3) is 0 Å². The molecule has 0 atom stereocenters. The van der Waals surface area contributed by atoms with Gasteiger partial charge in [0.05, 0.1) is 16.6 Å². The largest absolute Gasteiger partial charge is 0.480 e. The van der Waals surface area contributed by atoms with Crippen LogP contribution in [0.4, 0.5) is 4.39 Å². The lowest BCUT2D eigenvalue weighted by Gasteiger charge is -2.07. The van der Waals surface area contributed by atoms with Crippen molar-refractivity contribution in [2.75, 3.05) is 0 Å². The third kappa shape index (κ3) is 2.54. The summed E-state index contributed by atoms with van der Waals surface area (Å²) in [6.45, 7) is -0.272. The van der Waals surface area contributed by atoms with Gasteiger partial charge in [0, 0.05) is 4.47 Å². The number of nitrogens with zero attached hydrogens (tertiary/aromatic N) is 2. The van der Waals surface area contributed by atoms with Gasteiger partial charge >= 0.3 is 5.97 Å². The Morgan fingerprint density at radius 3 is 2.76 bits per heavy atom. The van der Waals surface area contributed by atoms with Crippen molar-refractivity contribution < 1.29 is 14.3 Å². The number of fused-ring (bicyclic) bond motifs is 1. The highest BCUT2D eigenvalue weighted by Crippen LogP contribution is 2.28. The van der Waals surface area contributed by atoms with E-state index >= 15 is 0 Å². The van der Waals surface area contributed by atoms with E-state index in [1.165, 1.54) is 10.6 Å². The van der Waals surface area contributed by atoms with Gasteiger partial charge in [-0.1, -0.05) is 28.1 Å². The van der Waals surface area contributed by atoms with Gasteiger partial charge < -0.3 is 9.67 Å². The Kier molecular flexibility index (Phi) is 3.47. The summed E-state index contributed by atoms with van der Waals surface area (Å²) >= 11 is 3.20. The molecule has 106 valence electrons. The second-order valence-electron chi connectivity index (χ2n) is 4.53. The zero-order valence-electron chi connectivity index (χ0n) is 10.8. The molecule has 0 spiro atoms. The second kappa shape index (κ2) is 5.29. The molecule has 21 heavy (non-hydrogen) atoms. The van der Waals surface area contributed by atoms with E-state index in [1.807, 2.05) is 6.07 Å². The fraction of sp³-hybridized carbons (Fsp3) is 0.0667. The topological polar surface area (TPSA) is 55.1 Å². The van der Waals surface area contributed by atoms with Crippen LogP contribution in [0.2, 0.25) is 0 Å². The van der Waals surface area contributed by atoms with Crippen LogP contribution in [0.5, 0.6) is 0 Å². The van der Waals surface area contributed by atoms with E-state index in [9.17, 15) is 9.18 Å². The lowest BCUT2D eigenvalue weighted by Crippen LogP contribution is -2.10. The van der Waals surface area contributed by atoms with Crippen molar-refractivity contribution in [2.45, 2.75) is 6.54 Å². The second-order valence-corrected chi connectivity index (χ2v) is 5.44. The molecular weight excluding hydrogens is 339 g/mol. The first-order valence-corrected chi connectivity index (χ1v) is 6.98. The number of hydrogen-bond acceptors (Lipinski definition) is 2. The van der Waals surface area contributed by atoms with Gasteiger partial charge in [-0.2, -0.15) is 0 Å². The fourth-order valence-corrected chi connectivity index (χ4v) is 2.58. The van der Waals surface area contributed by atoms with E-state index in [1.54, 1.807) is 30.3 Å². The number of carboxylic acid groups (broad SMARTS) is 1. The number of benzene rings is 2. The molecule has 0 amide bonds. The Labute approximate surface area is 128 Å². The highest BCUT2D eigenvalue weighted by atomic mass is 79.9. The predicted octanol–water partition coefficient (Wildman–Crippen LogP) is 3.69. The molecule has 6 heteroatoms. The number of carbonyl (C=O) groups is 1. The minimum Gasteiger partial charge on any atom is -0.480 e. The third-order valence-electron chi connectivity index (χ3n) is 3.12. The molecule has 0 bridgehead atoms. The Morgan fingerprint density at radius 1 is 1.29 bits per heavy atom.